The van der Waals surface area contributed by atoms with Crippen LogP contribution in [0.25, 0.3) is 0 Å². The molecule has 0 unspecified atom stereocenters. The van der Waals surface area contributed by atoms with Crippen LogP contribution in [0.3, 0.4) is 0 Å². The van der Waals surface area contributed by atoms with Crippen molar-refractivity contribution in [2.45, 2.75) is 19.3 Å². The van der Waals surface area contributed by atoms with Crippen molar-refractivity contribution in [2.24, 2.45) is 11.1 Å². The third-order valence-electron chi connectivity index (χ3n) is 2.96. The van der Waals surface area contributed by atoms with E-state index in [1.54, 1.807) is 0 Å². The first-order valence-corrected chi connectivity index (χ1v) is 5.26. The number of nitrogens with two attached hydrogens (primary N) is 1. The summed E-state index contributed by atoms with van der Waals surface area (Å²) in [5.41, 5.74) is 5.42. The second-order valence-corrected chi connectivity index (χ2v) is 4.17. The van der Waals surface area contributed by atoms with Crippen molar-refractivity contribution >= 4 is 5.91 Å². The molecule has 14 heavy (non-hydrogen) atoms. The molecule has 0 aromatic carbocycles. The van der Waals surface area contributed by atoms with Gasteiger partial charge in [-0.05, 0) is 32.9 Å². The highest BCUT2D eigenvalue weighted by Crippen LogP contribution is 2.45. The first-order valence-electron chi connectivity index (χ1n) is 5.26. The van der Waals surface area contributed by atoms with E-state index in [4.69, 9.17) is 5.73 Å². The van der Waals surface area contributed by atoms with Crippen molar-refractivity contribution in [3.05, 3.63) is 0 Å². The zero-order valence-corrected chi connectivity index (χ0v) is 9.18. The van der Waals surface area contributed by atoms with Crippen molar-refractivity contribution in [1.29, 1.82) is 0 Å². The number of carbonyl (C=O) groups is 1. The smallest absolute Gasteiger partial charge is 0.229 e. The van der Waals surface area contributed by atoms with Crippen LogP contribution in [0.4, 0.5) is 0 Å². The normalized spacial score (nSPS) is 17.9. The molecule has 4 nitrogen and oxygen atoms in total. The molecule has 1 fully saturated rings. The summed E-state index contributed by atoms with van der Waals surface area (Å²) in [5, 5.41) is 3.07. The molecule has 1 saturated carbocycles. The number of nitrogens with one attached hydrogen (secondary N) is 1. The molecule has 1 rings (SSSR count). The highest BCUT2D eigenvalue weighted by molar-refractivity contribution is 5.85. The van der Waals surface area contributed by atoms with Gasteiger partial charge >= 0.3 is 0 Å². The fraction of sp³-hybridized carbons (Fsp3) is 0.900. The summed E-state index contributed by atoms with van der Waals surface area (Å²) in [7, 11) is 3.79. The molecule has 1 aliphatic carbocycles. The van der Waals surface area contributed by atoms with Gasteiger partial charge in [0, 0.05) is 20.1 Å². The van der Waals surface area contributed by atoms with E-state index in [2.05, 4.69) is 5.32 Å². The van der Waals surface area contributed by atoms with Gasteiger partial charge in [0.2, 0.25) is 5.91 Å². The van der Waals surface area contributed by atoms with Gasteiger partial charge in [0.05, 0.1) is 5.41 Å². The Labute approximate surface area is 85.8 Å². The molecule has 82 valence electrons. The van der Waals surface area contributed by atoms with Crippen LogP contribution < -0.4 is 11.1 Å². The summed E-state index contributed by atoms with van der Waals surface area (Å²) in [6, 6.07) is 0. The lowest BCUT2D eigenvalue weighted by atomic mass is 10.1. The van der Waals surface area contributed by atoms with Gasteiger partial charge in [-0.2, -0.15) is 0 Å². The highest BCUT2D eigenvalue weighted by Gasteiger charge is 2.49. The van der Waals surface area contributed by atoms with E-state index in [1.165, 1.54) is 0 Å². The summed E-state index contributed by atoms with van der Waals surface area (Å²) >= 11 is 0. The maximum atomic E-state index is 11.9. The summed E-state index contributed by atoms with van der Waals surface area (Å²) in [6.45, 7) is 2.27. The Morgan fingerprint density at radius 1 is 1.57 bits per heavy atom. The van der Waals surface area contributed by atoms with Crippen molar-refractivity contribution < 1.29 is 4.79 Å². The van der Waals surface area contributed by atoms with Crippen LogP contribution in [0.15, 0.2) is 0 Å². The van der Waals surface area contributed by atoms with Crippen molar-refractivity contribution in [1.82, 2.24) is 10.2 Å². The lowest BCUT2D eigenvalue weighted by Crippen LogP contribution is -2.39. The molecule has 0 atom stereocenters. The molecule has 1 amide bonds. The largest absolute Gasteiger partial charge is 0.345 e. The summed E-state index contributed by atoms with van der Waals surface area (Å²) in [5.74, 6) is 0.233. The molecule has 3 N–H and O–H groups in total. The third-order valence-corrected chi connectivity index (χ3v) is 2.96. The average Bonchev–Trinajstić information content (AvgIpc) is 2.97. The highest BCUT2D eigenvalue weighted by atomic mass is 16.2. The standard InChI is InChI=1S/C10H21N3O/c1-12-6-3-7-13(2)9(14)10(8-11)4-5-10/h12H,3-8,11H2,1-2H3. The van der Waals surface area contributed by atoms with E-state index in [9.17, 15) is 4.79 Å². The van der Waals surface area contributed by atoms with Crippen LogP contribution in [0.2, 0.25) is 0 Å². The quantitative estimate of drug-likeness (QED) is 0.582. The fourth-order valence-electron chi connectivity index (χ4n) is 1.66. The van der Waals surface area contributed by atoms with E-state index in [0.29, 0.717) is 6.54 Å². The number of rotatable bonds is 6. The Morgan fingerprint density at radius 3 is 2.64 bits per heavy atom. The first kappa shape index (κ1) is 11.5. The number of hydrogen-bond donors (Lipinski definition) is 2. The van der Waals surface area contributed by atoms with Gasteiger partial charge in [-0.3, -0.25) is 4.79 Å². The molecule has 0 radical (unpaired) electrons. The molecule has 0 aromatic heterocycles. The average molecular weight is 199 g/mol. The predicted octanol–water partition coefficient (Wildman–Crippen LogP) is -0.207. The van der Waals surface area contributed by atoms with Gasteiger partial charge < -0.3 is 16.0 Å². The second-order valence-electron chi connectivity index (χ2n) is 4.17. The summed E-state index contributed by atoms with van der Waals surface area (Å²) in [6.07, 6.45) is 2.94. The van der Waals surface area contributed by atoms with Crippen LogP contribution >= 0.6 is 0 Å². The second kappa shape index (κ2) is 4.75. The molecule has 0 bridgehead atoms. The molecular weight excluding hydrogens is 178 g/mol. The molecule has 0 aliphatic heterocycles. The fourth-order valence-corrected chi connectivity index (χ4v) is 1.66. The maximum absolute atomic E-state index is 11.9. The van der Waals surface area contributed by atoms with E-state index in [0.717, 1.165) is 32.4 Å². The van der Waals surface area contributed by atoms with E-state index < -0.39 is 0 Å². The number of carbonyl (C=O) groups excluding carboxylic acids is 1. The Balaban J connectivity index is 2.30. The topological polar surface area (TPSA) is 58.4 Å². The monoisotopic (exact) mass is 199 g/mol. The van der Waals surface area contributed by atoms with Crippen LogP contribution in [0, 0.1) is 5.41 Å². The molecule has 0 heterocycles. The van der Waals surface area contributed by atoms with Crippen molar-refractivity contribution in [3.8, 4) is 0 Å². The zero-order chi connectivity index (χ0) is 10.6. The summed E-state index contributed by atoms with van der Waals surface area (Å²) < 4.78 is 0. The van der Waals surface area contributed by atoms with Crippen molar-refractivity contribution in [3.63, 3.8) is 0 Å². The van der Waals surface area contributed by atoms with Crippen LogP contribution in [-0.4, -0.2) is 44.5 Å². The molecular formula is C10H21N3O. The minimum absolute atomic E-state index is 0.186. The minimum atomic E-state index is -0.186. The van der Waals surface area contributed by atoms with Crippen LogP contribution in [0.5, 0.6) is 0 Å². The lowest BCUT2D eigenvalue weighted by Gasteiger charge is -2.22. The molecule has 0 saturated heterocycles. The van der Waals surface area contributed by atoms with E-state index >= 15 is 0 Å². The maximum Gasteiger partial charge on any atom is 0.229 e. The van der Waals surface area contributed by atoms with Crippen LogP contribution in [-0.2, 0) is 4.79 Å². The van der Waals surface area contributed by atoms with Gasteiger partial charge in [0.1, 0.15) is 0 Å². The van der Waals surface area contributed by atoms with Crippen molar-refractivity contribution in [2.75, 3.05) is 33.7 Å². The number of amides is 1. The van der Waals surface area contributed by atoms with Gasteiger partial charge in [-0.15, -0.1) is 0 Å². The Hall–Kier alpha value is -0.610. The Morgan fingerprint density at radius 2 is 2.21 bits per heavy atom. The van der Waals surface area contributed by atoms with Gasteiger partial charge in [-0.25, -0.2) is 0 Å². The minimum Gasteiger partial charge on any atom is -0.345 e. The zero-order valence-electron chi connectivity index (χ0n) is 9.18. The molecule has 0 aromatic rings. The molecule has 0 spiro atoms. The van der Waals surface area contributed by atoms with Gasteiger partial charge in [0.25, 0.3) is 0 Å². The van der Waals surface area contributed by atoms with Gasteiger partial charge in [-0.1, -0.05) is 0 Å². The number of nitrogens with zero attached hydrogens (tertiary/aromatic N) is 1. The summed E-state index contributed by atoms with van der Waals surface area (Å²) in [4.78, 5) is 13.7. The molecule has 4 heteroatoms. The Bertz CT molecular complexity index is 202. The van der Waals surface area contributed by atoms with Crippen LogP contribution in [0.1, 0.15) is 19.3 Å². The number of hydrogen-bond acceptors (Lipinski definition) is 3. The lowest BCUT2D eigenvalue weighted by molar-refractivity contribution is -0.135. The van der Waals surface area contributed by atoms with E-state index in [-0.39, 0.29) is 11.3 Å². The third kappa shape index (κ3) is 2.45. The molecule has 1 aliphatic rings. The Kier molecular flexibility index (Phi) is 3.89. The SMILES string of the molecule is CNCCCN(C)C(=O)C1(CN)CC1. The van der Waals surface area contributed by atoms with Gasteiger partial charge in [0.15, 0.2) is 0 Å². The first-order chi connectivity index (χ1) is 6.66. The predicted molar refractivity (Wildman–Crippen MR) is 56.9 cm³/mol. The van der Waals surface area contributed by atoms with E-state index in [1.807, 2.05) is 19.0 Å².